The van der Waals surface area contributed by atoms with Crippen molar-refractivity contribution in [3.05, 3.63) is 59.0 Å². The van der Waals surface area contributed by atoms with Gasteiger partial charge in [-0.2, -0.15) is 0 Å². The molecule has 1 unspecified atom stereocenters. The zero-order valence-corrected chi connectivity index (χ0v) is 19.6. The molecule has 184 valence electrons. The zero-order valence-electron chi connectivity index (χ0n) is 18.8. The number of halogens is 2. The number of hydrogen-bond donors (Lipinski definition) is 4. The van der Waals surface area contributed by atoms with Crippen LogP contribution in [-0.2, 0) is 11.3 Å². The Bertz CT molecular complexity index is 1600. The van der Waals surface area contributed by atoms with Crippen LogP contribution in [-0.4, -0.2) is 44.2 Å². The summed E-state index contributed by atoms with van der Waals surface area (Å²) >= 11 is 1.15. The number of aliphatic hydroxyl groups excluding tert-OH is 1. The lowest BCUT2D eigenvalue weighted by atomic mass is 9.93. The molecular formula is C24H19F2N5O4S. The summed E-state index contributed by atoms with van der Waals surface area (Å²) in [6, 6.07) is 5.57. The van der Waals surface area contributed by atoms with E-state index in [0.717, 1.165) is 23.9 Å². The lowest BCUT2D eigenvalue weighted by Gasteiger charge is -2.24. The molecule has 0 spiro atoms. The summed E-state index contributed by atoms with van der Waals surface area (Å²) < 4.78 is 38.4. The van der Waals surface area contributed by atoms with Gasteiger partial charge in [0.25, 0.3) is 0 Å². The van der Waals surface area contributed by atoms with E-state index in [1.807, 2.05) is 0 Å². The van der Waals surface area contributed by atoms with Crippen LogP contribution in [0.2, 0.25) is 0 Å². The molecule has 0 aliphatic carbocycles. The molecule has 6 rings (SSSR count). The van der Waals surface area contributed by atoms with Gasteiger partial charge < -0.3 is 29.5 Å². The monoisotopic (exact) mass is 511 g/mol. The number of aliphatic hydroxyl groups is 1. The summed E-state index contributed by atoms with van der Waals surface area (Å²) in [6.07, 6.45) is 0.819. The van der Waals surface area contributed by atoms with Crippen LogP contribution in [0.3, 0.4) is 0 Å². The molecule has 4 aromatic heterocycles. The molecule has 9 nitrogen and oxygen atoms in total. The average Bonchev–Trinajstić information content (AvgIpc) is 3.57. The molecule has 1 atom stereocenters. The summed E-state index contributed by atoms with van der Waals surface area (Å²) in [7, 11) is 0. The van der Waals surface area contributed by atoms with Gasteiger partial charge >= 0.3 is 5.97 Å². The minimum atomic E-state index is -0.973. The van der Waals surface area contributed by atoms with E-state index in [2.05, 4.69) is 25.3 Å². The van der Waals surface area contributed by atoms with Crippen molar-refractivity contribution < 1.29 is 27.8 Å². The first-order chi connectivity index (χ1) is 17.4. The summed E-state index contributed by atoms with van der Waals surface area (Å²) in [4.78, 5) is 27.3. The Morgan fingerprint density at radius 1 is 1.28 bits per heavy atom. The molecule has 1 aliphatic heterocycles. The number of rotatable bonds is 5. The van der Waals surface area contributed by atoms with Crippen LogP contribution in [0.5, 0.6) is 0 Å². The highest BCUT2D eigenvalue weighted by atomic mass is 32.2. The van der Waals surface area contributed by atoms with Crippen molar-refractivity contribution >= 4 is 39.7 Å². The number of β-amino-alcohol motifs (C(OH)–C–C–N with tert-alkyl or cyclic N) is 1. The van der Waals surface area contributed by atoms with E-state index in [0.29, 0.717) is 67.9 Å². The topological polar surface area (TPSA) is 129 Å². The van der Waals surface area contributed by atoms with Crippen molar-refractivity contribution in [1.29, 1.82) is 0 Å². The number of furan rings is 1. The maximum Gasteiger partial charge on any atom is 0.357 e. The molecule has 0 saturated carbocycles. The second-order valence-electron chi connectivity index (χ2n) is 8.19. The van der Waals surface area contributed by atoms with Gasteiger partial charge in [0, 0.05) is 47.9 Å². The van der Waals surface area contributed by atoms with Crippen LogP contribution in [0.15, 0.2) is 45.1 Å². The number of benzene rings is 1. The van der Waals surface area contributed by atoms with Gasteiger partial charge in [-0.1, -0.05) is 0 Å². The number of esters is 1. The molecule has 0 fully saturated rings. The number of fused-ring (bicyclic) bond motifs is 3. The minimum Gasteiger partial charge on any atom is -0.461 e. The Morgan fingerprint density at radius 2 is 2.11 bits per heavy atom. The van der Waals surface area contributed by atoms with Crippen LogP contribution in [0.1, 0.15) is 34.8 Å². The fourth-order valence-corrected chi connectivity index (χ4v) is 5.15. The molecule has 0 amide bonds. The van der Waals surface area contributed by atoms with Gasteiger partial charge in [0.1, 0.15) is 11.3 Å². The van der Waals surface area contributed by atoms with Gasteiger partial charge in [-0.15, -0.1) is 0 Å². The van der Waals surface area contributed by atoms with E-state index in [4.69, 9.17) is 9.15 Å². The molecule has 12 heteroatoms. The number of hydrogen-bond acceptors (Lipinski definition) is 8. The number of carbonyl (C=O) groups excluding carboxylic acids is 1. The quantitative estimate of drug-likeness (QED) is 0.255. The third-order valence-electron chi connectivity index (χ3n) is 5.92. The van der Waals surface area contributed by atoms with Crippen molar-refractivity contribution in [1.82, 2.24) is 25.3 Å². The molecular weight excluding hydrogens is 492 g/mol. The van der Waals surface area contributed by atoms with E-state index in [9.17, 15) is 18.7 Å². The molecule has 0 saturated heterocycles. The van der Waals surface area contributed by atoms with Crippen LogP contribution in [0.4, 0.5) is 8.78 Å². The maximum absolute atomic E-state index is 13.6. The van der Waals surface area contributed by atoms with E-state index < -0.39 is 23.7 Å². The number of H-pyrrole nitrogens is 2. The summed E-state index contributed by atoms with van der Waals surface area (Å²) in [5.74, 6) is -2.00. The maximum atomic E-state index is 13.6. The highest BCUT2D eigenvalue weighted by molar-refractivity contribution is 7.99. The normalized spacial score (nSPS) is 15.5. The van der Waals surface area contributed by atoms with Crippen LogP contribution < -0.4 is 5.32 Å². The van der Waals surface area contributed by atoms with Gasteiger partial charge in [-0.3, -0.25) is 0 Å². The summed E-state index contributed by atoms with van der Waals surface area (Å²) in [5.41, 5.74) is 3.15. The fourth-order valence-electron chi connectivity index (χ4n) is 4.39. The highest BCUT2D eigenvalue weighted by Crippen LogP contribution is 2.41. The SMILES string of the molecule is CCOC(=O)c1[nH]cc2c(-c3ccc(Sc4nc5cc(F)c(F)cc5[nH]4)o3)c3c(nc12)CNCC3O. The largest absolute Gasteiger partial charge is 0.461 e. The van der Waals surface area contributed by atoms with Crippen molar-refractivity contribution in [2.45, 2.75) is 29.8 Å². The second-order valence-corrected chi connectivity index (χ2v) is 9.18. The molecule has 0 bridgehead atoms. The Labute approximate surface area is 206 Å². The molecule has 36 heavy (non-hydrogen) atoms. The van der Waals surface area contributed by atoms with E-state index in [1.54, 1.807) is 25.3 Å². The van der Waals surface area contributed by atoms with Crippen LogP contribution >= 0.6 is 11.8 Å². The lowest BCUT2D eigenvalue weighted by molar-refractivity contribution is 0.0522. The average molecular weight is 512 g/mol. The van der Waals surface area contributed by atoms with E-state index in [-0.39, 0.29) is 12.3 Å². The number of nitrogens with zero attached hydrogens (tertiary/aromatic N) is 2. The number of ether oxygens (including phenoxy) is 1. The zero-order chi connectivity index (χ0) is 25.0. The smallest absolute Gasteiger partial charge is 0.357 e. The van der Waals surface area contributed by atoms with Gasteiger partial charge in [0.15, 0.2) is 27.6 Å². The first-order valence-corrected chi connectivity index (χ1v) is 12.0. The third kappa shape index (κ3) is 3.74. The fraction of sp³-hybridized carbons (Fsp3) is 0.208. The summed E-state index contributed by atoms with van der Waals surface area (Å²) in [6.45, 7) is 2.70. The number of aromatic nitrogens is 4. The molecule has 1 aliphatic rings. The first kappa shape index (κ1) is 22.7. The predicted octanol–water partition coefficient (Wildman–Crippen LogP) is 4.44. The minimum absolute atomic E-state index is 0.219. The van der Waals surface area contributed by atoms with Crippen molar-refractivity contribution in [3.8, 4) is 11.3 Å². The Balaban J connectivity index is 1.43. The van der Waals surface area contributed by atoms with Gasteiger partial charge in [0.2, 0.25) is 0 Å². The van der Waals surface area contributed by atoms with E-state index >= 15 is 0 Å². The third-order valence-corrected chi connectivity index (χ3v) is 6.73. The summed E-state index contributed by atoms with van der Waals surface area (Å²) in [5, 5.41) is 15.4. The lowest BCUT2D eigenvalue weighted by Crippen LogP contribution is -2.29. The Morgan fingerprint density at radius 3 is 2.94 bits per heavy atom. The van der Waals surface area contributed by atoms with Gasteiger partial charge in [0.05, 0.1) is 29.4 Å². The second kappa shape index (κ2) is 8.73. The first-order valence-electron chi connectivity index (χ1n) is 11.2. The number of aromatic amines is 2. The van der Waals surface area contributed by atoms with Gasteiger partial charge in [-0.05, 0) is 30.8 Å². The molecule has 4 N–H and O–H groups in total. The predicted molar refractivity (Wildman–Crippen MR) is 127 cm³/mol. The molecule has 1 aromatic carbocycles. The highest BCUT2D eigenvalue weighted by Gasteiger charge is 2.29. The number of imidazole rings is 1. The molecule has 0 radical (unpaired) electrons. The van der Waals surface area contributed by atoms with Gasteiger partial charge in [-0.25, -0.2) is 23.5 Å². The van der Waals surface area contributed by atoms with Crippen molar-refractivity contribution in [2.75, 3.05) is 13.2 Å². The molecule has 5 heterocycles. The van der Waals surface area contributed by atoms with Crippen LogP contribution in [0, 0.1) is 11.6 Å². The van der Waals surface area contributed by atoms with Crippen molar-refractivity contribution in [2.24, 2.45) is 0 Å². The standard InChI is InChI=1S/C24H19F2N5O4S/c1-2-34-23(33)22-21-10(7-28-22)19(20-15(29-21)8-27-9-16(20)32)17-3-4-18(35-17)36-24-30-13-5-11(25)12(26)6-14(13)31-24/h3-7,16,27-28,32H,2,8-9H2,1H3,(H,30,31). The Hall–Kier alpha value is -3.74. The molecule has 5 aromatic rings. The number of carbonyl (C=O) groups is 1. The van der Waals surface area contributed by atoms with Crippen molar-refractivity contribution in [3.63, 3.8) is 0 Å². The number of pyridine rings is 1. The number of nitrogens with one attached hydrogen (secondary N) is 3. The van der Waals surface area contributed by atoms with Crippen LogP contribution in [0.25, 0.3) is 33.3 Å². The Kier molecular flexibility index (Phi) is 5.51. The van der Waals surface area contributed by atoms with E-state index in [1.165, 1.54) is 0 Å².